The van der Waals surface area contributed by atoms with Gasteiger partial charge in [0.1, 0.15) is 0 Å². The number of aliphatic hydroxyl groups excluding tert-OH is 1. The van der Waals surface area contributed by atoms with Gasteiger partial charge in [-0.2, -0.15) is 0 Å². The number of carbonyl (C=O) groups excluding carboxylic acids is 1. The van der Waals surface area contributed by atoms with Gasteiger partial charge in [-0.25, -0.2) is 0 Å². The highest BCUT2D eigenvalue weighted by Crippen LogP contribution is 2.40. The van der Waals surface area contributed by atoms with Gasteiger partial charge >= 0.3 is 0 Å². The minimum absolute atomic E-state index is 0.00895. The number of rotatable bonds is 8. The molecule has 0 unspecified atom stereocenters. The summed E-state index contributed by atoms with van der Waals surface area (Å²) < 4.78 is 12.2. The number of allylic oxidation sites excluding steroid dienone is 1. The number of ether oxygens (including phenoxy) is 2. The predicted octanol–water partition coefficient (Wildman–Crippen LogP) is 4.57. The van der Waals surface area contributed by atoms with Crippen LogP contribution in [-0.2, 0) is 14.3 Å². The van der Waals surface area contributed by atoms with E-state index >= 15 is 0 Å². The van der Waals surface area contributed by atoms with Crippen molar-refractivity contribution in [3.63, 3.8) is 0 Å². The van der Waals surface area contributed by atoms with E-state index in [1.165, 1.54) is 32.4 Å². The molecule has 3 aliphatic rings. The van der Waals surface area contributed by atoms with Crippen LogP contribution in [-0.4, -0.2) is 72.5 Å². The van der Waals surface area contributed by atoms with Crippen LogP contribution in [0.3, 0.4) is 0 Å². The van der Waals surface area contributed by atoms with Crippen LogP contribution in [0.5, 0.6) is 0 Å². The van der Waals surface area contributed by atoms with E-state index in [9.17, 15) is 9.90 Å². The maximum Gasteiger partial charge on any atom is 0.288 e. The van der Waals surface area contributed by atoms with Gasteiger partial charge in [0.25, 0.3) is 5.91 Å². The standard InChI is InChI=1S/C27H39ClN2O4/c1-2-33-27-23(7-6-18-31)24(20-8-10-21(28)11-9-20)19-25(34-27)26(32)30-16-12-22(13-17-30)29-14-4-3-5-15-29/h8-11,19,22-24,27,31H,2-7,12-18H2,1H3/t23-,24+,27+/m0/s1. The summed E-state index contributed by atoms with van der Waals surface area (Å²) in [5.41, 5.74) is 1.08. The van der Waals surface area contributed by atoms with Crippen molar-refractivity contribution in [2.24, 2.45) is 5.92 Å². The van der Waals surface area contributed by atoms with Crippen LogP contribution in [0, 0.1) is 5.92 Å². The molecule has 2 saturated heterocycles. The first kappa shape index (κ1) is 25.5. The molecule has 0 aromatic heterocycles. The number of hydrogen-bond donors (Lipinski definition) is 1. The second-order valence-corrected chi connectivity index (χ2v) is 10.1. The Labute approximate surface area is 208 Å². The van der Waals surface area contributed by atoms with Gasteiger partial charge in [0.2, 0.25) is 6.29 Å². The lowest BCUT2D eigenvalue weighted by Gasteiger charge is -2.41. The van der Waals surface area contributed by atoms with Crippen molar-refractivity contribution in [1.82, 2.24) is 9.80 Å². The summed E-state index contributed by atoms with van der Waals surface area (Å²) in [4.78, 5) is 18.1. The van der Waals surface area contributed by atoms with E-state index in [2.05, 4.69) is 4.90 Å². The molecule has 1 amide bonds. The van der Waals surface area contributed by atoms with Crippen LogP contribution < -0.4 is 0 Å². The van der Waals surface area contributed by atoms with Gasteiger partial charge in [-0.3, -0.25) is 4.79 Å². The number of piperidine rings is 2. The fourth-order valence-corrected chi connectivity index (χ4v) is 5.82. The highest BCUT2D eigenvalue weighted by Gasteiger charge is 2.39. The fourth-order valence-electron chi connectivity index (χ4n) is 5.70. The Morgan fingerprint density at radius 3 is 2.47 bits per heavy atom. The summed E-state index contributed by atoms with van der Waals surface area (Å²) in [6.45, 7) is 6.47. The van der Waals surface area contributed by atoms with Crippen molar-refractivity contribution in [3.8, 4) is 0 Å². The number of carbonyl (C=O) groups is 1. The average molecular weight is 491 g/mol. The van der Waals surface area contributed by atoms with Crippen LogP contribution in [0.15, 0.2) is 36.1 Å². The van der Waals surface area contributed by atoms with E-state index in [0.717, 1.165) is 37.9 Å². The molecular weight excluding hydrogens is 452 g/mol. The van der Waals surface area contributed by atoms with Crippen LogP contribution in [0.4, 0.5) is 0 Å². The highest BCUT2D eigenvalue weighted by atomic mass is 35.5. The number of likely N-dealkylation sites (tertiary alicyclic amines) is 2. The maximum absolute atomic E-state index is 13.5. The molecule has 7 heteroatoms. The number of halogens is 1. The molecule has 3 heterocycles. The second-order valence-electron chi connectivity index (χ2n) is 9.70. The molecular formula is C27H39ClN2O4. The summed E-state index contributed by atoms with van der Waals surface area (Å²) in [5.74, 6) is 0.310. The van der Waals surface area contributed by atoms with Crippen molar-refractivity contribution >= 4 is 17.5 Å². The first-order chi connectivity index (χ1) is 16.6. The minimum Gasteiger partial charge on any atom is -0.459 e. The minimum atomic E-state index is -0.521. The van der Waals surface area contributed by atoms with E-state index in [-0.39, 0.29) is 24.3 Å². The summed E-state index contributed by atoms with van der Waals surface area (Å²) in [7, 11) is 0. The zero-order valence-corrected chi connectivity index (χ0v) is 21.1. The van der Waals surface area contributed by atoms with Gasteiger partial charge in [0, 0.05) is 49.2 Å². The van der Waals surface area contributed by atoms with E-state index in [4.69, 9.17) is 21.1 Å². The smallest absolute Gasteiger partial charge is 0.288 e. The van der Waals surface area contributed by atoms with E-state index in [1.807, 2.05) is 42.2 Å². The van der Waals surface area contributed by atoms with Crippen molar-refractivity contribution in [1.29, 1.82) is 0 Å². The largest absolute Gasteiger partial charge is 0.459 e. The lowest BCUT2D eigenvalue weighted by molar-refractivity contribution is -0.171. The molecule has 0 radical (unpaired) electrons. The number of benzene rings is 1. The van der Waals surface area contributed by atoms with Gasteiger partial charge in [0.05, 0.1) is 0 Å². The summed E-state index contributed by atoms with van der Waals surface area (Å²) in [5, 5.41) is 10.1. The third-order valence-corrected chi connectivity index (χ3v) is 7.79. The third-order valence-electron chi connectivity index (χ3n) is 7.54. The zero-order chi connectivity index (χ0) is 23.9. The molecule has 2 fully saturated rings. The Kier molecular flexibility index (Phi) is 9.29. The Hall–Kier alpha value is -1.60. The van der Waals surface area contributed by atoms with Crippen molar-refractivity contribution in [2.45, 2.75) is 70.1 Å². The molecule has 188 valence electrons. The van der Waals surface area contributed by atoms with Crippen LogP contribution in [0.2, 0.25) is 5.02 Å². The molecule has 1 aromatic rings. The van der Waals surface area contributed by atoms with E-state index in [0.29, 0.717) is 29.9 Å². The van der Waals surface area contributed by atoms with E-state index in [1.54, 1.807) is 0 Å². The normalized spacial score (nSPS) is 26.7. The van der Waals surface area contributed by atoms with Gasteiger partial charge in [-0.1, -0.05) is 30.2 Å². The van der Waals surface area contributed by atoms with Crippen molar-refractivity contribution in [2.75, 3.05) is 39.4 Å². The zero-order valence-electron chi connectivity index (χ0n) is 20.3. The van der Waals surface area contributed by atoms with Crippen LogP contribution in [0.1, 0.15) is 63.4 Å². The average Bonchev–Trinajstić information content (AvgIpc) is 2.88. The molecule has 0 spiro atoms. The molecule has 1 N–H and O–H groups in total. The number of aliphatic hydroxyl groups is 1. The molecule has 3 atom stereocenters. The Balaban J connectivity index is 1.51. The predicted molar refractivity (Wildman–Crippen MR) is 134 cm³/mol. The lowest BCUT2D eigenvalue weighted by Crippen LogP contribution is -2.49. The number of nitrogens with zero attached hydrogens (tertiary/aromatic N) is 2. The molecule has 0 saturated carbocycles. The monoisotopic (exact) mass is 490 g/mol. The summed E-state index contributed by atoms with van der Waals surface area (Å²) in [6.07, 6.45) is 8.82. The first-order valence-corrected chi connectivity index (χ1v) is 13.4. The topological polar surface area (TPSA) is 62.2 Å². The summed E-state index contributed by atoms with van der Waals surface area (Å²) >= 11 is 6.14. The Morgan fingerprint density at radius 2 is 1.82 bits per heavy atom. The molecule has 4 rings (SSSR count). The molecule has 0 bridgehead atoms. The SMILES string of the molecule is CCO[C@@H]1OC(C(=O)N2CCC(N3CCCCC3)CC2)=C[C@H](c2ccc(Cl)cc2)[C@@H]1CCCO. The van der Waals surface area contributed by atoms with Crippen LogP contribution >= 0.6 is 11.6 Å². The summed E-state index contributed by atoms with van der Waals surface area (Å²) in [6, 6.07) is 8.37. The quantitative estimate of drug-likeness (QED) is 0.578. The molecule has 6 nitrogen and oxygen atoms in total. The van der Waals surface area contributed by atoms with Crippen LogP contribution in [0.25, 0.3) is 0 Å². The Bertz CT molecular complexity index is 816. The van der Waals surface area contributed by atoms with Gasteiger partial charge < -0.3 is 24.4 Å². The third kappa shape index (κ3) is 6.14. The number of amides is 1. The highest BCUT2D eigenvalue weighted by molar-refractivity contribution is 6.30. The molecule has 1 aromatic carbocycles. The van der Waals surface area contributed by atoms with Gasteiger partial charge in [-0.05, 0) is 82.3 Å². The second kappa shape index (κ2) is 12.4. The molecule has 34 heavy (non-hydrogen) atoms. The Morgan fingerprint density at radius 1 is 1.12 bits per heavy atom. The van der Waals surface area contributed by atoms with Gasteiger partial charge in [-0.15, -0.1) is 0 Å². The maximum atomic E-state index is 13.5. The van der Waals surface area contributed by atoms with Gasteiger partial charge in [0.15, 0.2) is 5.76 Å². The van der Waals surface area contributed by atoms with Crippen molar-refractivity contribution in [3.05, 3.63) is 46.7 Å². The molecule has 3 aliphatic heterocycles. The fraction of sp³-hybridized carbons (Fsp3) is 0.667. The van der Waals surface area contributed by atoms with Crippen molar-refractivity contribution < 1.29 is 19.4 Å². The van der Waals surface area contributed by atoms with E-state index < -0.39 is 6.29 Å². The first-order valence-electron chi connectivity index (χ1n) is 13.0. The lowest BCUT2D eigenvalue weighted by atomic mass is 9.80. The number of hydrogen-bond acceptors (Lipinski definition) is 5. The molecule has 0 aliphatic carbocycles.